The molecule has 0 aromatic heterocycles. The van der Waals surface area contributed by atoms with Crippen molar-refractivity contribution in [2.24, 2.45) is 90.7 Å². The number of ether oxygens (including phenoxy) is 5. The van der Waals surface area contributed by atoms with Crippen molar-refractivity contribution in [3.05, 3.63) is 54.6 Å². The number of halogens is 3. The Bertz CT molecular complexity index is 3560. The molecule has 21 nitrogen and oxygen atoms in total. The third-order valence-electron chi connectivity index (χ3n) is 28.5. The van der Waals surface area contributed by atoms with E-state index in [2.05, 4.69) is 142 Å². The molecule has 3 aromatic carbocycles. The van der Waals surface area contributed by atoms with E-state index in [-0.39, 0.29) is 130 Å². The Hall–Kier alpha value is -2.91. The van der Waals surface area contributed by atoms with E-state index in [4.69, 9.17) is 54.0 Å². The molecule has 0 aliphatic heterocycles. The third-order valence-corrected chi connectivity index (χ3v) is 28.5. The van der Waals surface area contributed by atoms with Gasteiger partial charge in [-0.15, -0.1) is 31.8 Å². The van der Waals surface area contributed by atoms with Crippen LogP contribution in [0.2, 0.25) is 0 Å². The summed E-state index contributed by atoms with van der Waals surface area (Å²) in [5.74, 6) is 5.58. The molecule has 125 heavy (non-hydrogen) atoms. The van der Waals surface area contributed by atoms with Gasteiger partial charge in [0.1, 0.15) is 40.8 Å². The zero-order valence-corrected chi connectivity index (χ0v) is 88.9. The van der Waals surface area contributed by atoms with Crippen LogP contribution in [-0.4, -0.2) is 172 Å². The van der Waals surface area contributed by atoms with Gasteiger partial charge in [0.2, 0.25) is 5.97 Å². The minimum absolute atomic E-state index is 0. The van der Waals surface area contributed by atoms with Crippen molar-refractivity contribution < 1.29 is 153 Å². The molecule has 0 heterocycles. The molecule has 0 spiro atoms. The smallest absolute Gasteiger partial charge is 0.793 e. The van der Waals surface area contributed by atoms with E-state index in [9.17, 15) is 54.2 Å². The fraction of sp³-hybridized carbons (Fsp3) is 0.771. The van der Waals surface area contributed by atoms with Crippen molar-refractivity contribution in [1.82, 2.24) is 0 Å². The summed E-state index contributed by atoms with van der Waals surface area (Å²) in [7, 11) is 12.5. The van der Waals surface area contributed by atoms with Gasteiger partial charge in [0.05, 0.1) is 71.8 Å². The van der Waals surface area contributed by atoms with E-state index in [0.717, 1.165) is 128 Å². The number of anilines is 3. The van der Waals surface area contributed by atoms with E-state index in [1.807, 2.05) is 58.9 Å². The molecule has 3 aromatic rings. The average molecular weight is 1860 g/mol. The molecule has 29 heteroatoms. The summed E-state index contributed by atoms with van der Waals surface area (Å²) in [6.07, 6.45) is 23.4. The van der Waals surface area contributed by atoms with Gasteiger partial charge >= 0.3 is 71.1 Å². The summed E-state index contributed by atoms with van der Waals surface area (Å²) in [5, 5.41) is 70.4. The van der Waals surface area contributed by atoms with Gasteiger partial charge in [0.15, 0.2) is 0 Å². The SMILES string of the molecule is C.CC(=O)OOC(C)=O.CC1(C)CCC[C@@]2(C)C1CC[C@@](C)(O)C2C=O.CC1(C)CCC[C@@]2(C)C1CC[C@@](C)(O)[C@@H]2CO.CC[S-].COc1cc(N)cc(OC)c1.COc1cc(NCC2[C@@]3(C)CCCC(C)(C)C3CC[C@@]2(C)O)cc(OC)c1.COc1cc(O)cc(NCC2[C@@]3(C)CCCC(C)(C)C3CC[C@@]2(C)O)c1.CPC.ClCCl.[2H]CF.[B-]OC(C)=O.[Na+].[Na+]. The number of rotatable bonds is 13. The normalized spacial score (nSPS) is 30.8. The number of aliphatic hydroxyl groups is 5. The van der Waals surface area contributed by atoms with Crippen LogP contribution in [0.5, 0.6) is 34.5 Å². The maximum atomic E-state index is 11.5. The number of phenolic OH excluding ortho intramolecular Hbond substituents is 1. The molecule has 7 unspecified atom stereocenters. The summed E-state index contributed by atoms with van der Waals surface area (Å²) < 4.78 is 45.1. The summed E-state index contributed by atoms with van der Waals surface area (Å²) in [4.78, 5) is 48.3. The molecule has 10 N–H and O–H groups in total. The van der Waals surface area contributed by atoms with Gasteiger partial charge in [0.25, 0.3) is 0 Å². The van der Waals surface area contributed by atoms with E-state index in [1.165, 1.54) is 71.1 Å². The Morgan fingerprint density at radius 3 is 1.03 bits per heavy atom. The number of aldehydes is 1. The fourth-order valence-corrected chi connectivity index (χ4v) is 23.1. The number of aliphatic hydroxyl groups excluding tert-OH is 1. The van der Waals surface area contributed by atoms with Crippen LogP contribution >= 0.6 is 31.8 Å². The van der Waals surface area contributed by atoms with E-state index in [0.29, 0.717) is 74.8 Å². The van der Waals surface area contributed by atoms with Crippen LogP contribution < -0.4 is 99.2 Å². The predicted octanol–water partition coefficient (Wildman–Crippen LogP) is 15.1. The van der Waals surface area contributed by atoms with Gasteiger partial charge in [-0.25, -0.2) is 19.4 Å². The first-order valence-corrected chi connectivity index (χ1v) is 47.0. The van der Waals surface area contributed by atoms with E-state index < -0.39 is 47.5 Å². The molecule has 8 aliphatic carbocycles. The molecule has 711 valence electrons. The Labute approximate surface area is 819 Å². The van der Waals surface area contributed by atoms with Crippen molar-refractivity contribution in [3.8, 4) is 34.5 Å². The molecular weight excluding hydrogens is 1690 g/mol. The van der Waals surface area contributed by atoms with Crippen molar-refractivity contribution in [2.75, 3.05) is 103 Å². The largest absolute Gasteiger partial charge is 1.00 e. The topological polar surface area (TPSA) is 314 Å². The molecule has 3 radical (unpaired) electrons. The number of hydrogen-bond donors (Lipinski definition) is 9. The van der Waals surface area contributed by atoms with Crippen LogP contribution in [-0.2, 0) is 46.2 Å². The molecule has 11 rings (SSSR count). The maximum Gasteiger partial charge on any atom is 1.00 e. The number of nitrogens with two attached hydrogens (primary N) is 1. The van der Waals surface area contributed by atoms with Gasteiger partial charge in [-0.3, -0.25) is 9.18 Å². The van der Waals surface area contributed by atoms with Crippen molar-refractivity contribution in [2.45, 2.75) is 297 Å². The number of benzene rings is 3. The average Bonchev–Trinajstić information content (AvgIpc) is 0.625. The zero-order valence-electron chi connectivity index (χ0n) is 82.6. The molecule has 16 atom stereocenters. The predicted molar refractivity (Wildman–Crippen MR) is 508 cm³/mol. The monoisotopic (exact) mass is 1860 g/mol. The van der Waals surface area contributed by atoms with Gasteiger partial charge in [-0.1, -0.05) is 123 Å². The van der Waals surface area contributed by atoms with Gasteiger partial charge < -0.3 is 101 Å². The standard InChI is InChI=1S/C23H37NO3.C22H35NO3.C15H28O2.C15H26O2.C8H11NO2.C4H6O4.C2H3BO2.C2H7P.C2H6S.CH2Cl2.CH3F.CH4.2Na/c1-21(2)9-7-10-22(3)19(21)8-11-23(4,25)20(22)15-24-16-12-17(26-5)14-18(13-16)27-6;1-20(2)8-6-9-21(3)18(20)7-10-22(4,25)19(21)14-23-15-11-16(24)13-17(12-15)26-5;2*1-13(2)7-5-8-14(3)11(13)6-9-15(4,17)12(14)10-16;1-10-7-3-6(9)4-8(5-7)11-2;1-3(5)7-8-4(2)6;1-2(4)5-3;1-3-2;1-2-3;2-1-3;1-2;;;/h12-14,19-20,24-25H,7-11,15H2,1-6H3;11-13,18-19,23-25H,6-10,14H2,1-5H3;11-12,16-17H,5-10H2,1-4H3;10-12,17H,5-9H2,1-4H3;3-5H,9H2,1-2H3;1-2H3;1H3;3H,1-2H3;3H,2H2,1H3;1H2;1H3;1H4;;/q;;;;;;-1;;;;;;2*+1/p-1/t19?,20?,22-,23+;18?,19?,21-,22+;11?,12-,14+,15-;11?,12?,14-,15+;;;;;;;;;;/m0010........../s1/i;;;;;;;;;;1D;;;. The van der Waals surface area contributed by atoms with Gasteiger partial charge in [-0.2, -0.15) is 5.75 Å². The first-order chi connectivity index (χ1) is 57.0. The number of carbonyl (C=O) groups excluding carboxylic acids is 4. The van der Waals surface area contributed by atoms with Crippen LogP contribution in [0.25, 0.3) is 0 Å². The second kappa shape index (κ2) is 57.0. The minimum atomic E-state index is -1.00. The van der Waals surface area contributed by atoms with Crippen molar-refractivity contribution in [3.63, 3.8) is 0 Å². The third kappa shape index (κ3) is 36.8. The summed E-state index contributed by atoms with van der Waals surface area (Å²) in [6, 6.07) is 16.3. The second-order valence-electron chi connectivity index (χ2n) is 39.2. The maximum absolute atomic E-state index is 11.5. The molecule has 0 saturated heterocycles. The molecule has 8 saturated carbocycles. The van der Waals surface area contributed by atoms with Gasteiger partial charge in [-0.05, 0) is 211 Å². The number of phenols is 1. The summed E-state index contributed by atoms with van der Waals surface area (Å²) in [5.41, 5.74) is 6.91. The number of nitrogen functional groups attached to an aromatic ring is 1. The van der Waals surface area contributed by atoms with Crippen LogP contribution in [0.1, 0.15) is 276 Å². The Morgan fingerprint density at radius 1 is 0.512 bits per heavy atom. The quantitative estimate of drug-likeness (QED) is 0.0112. The van der Waals surface area contributed by atoms with Crippen LogP contribution in [0, 0.1) is 90.7 Å². The molecule has 8 fully saturated rings. The molecule has 0 bridgehead atoms. The Balaban J connectivity index is -0.00000142. The Kier molecular flexibility index (Phi) is 56.6. The summed E-state index contributed by atoms with van der Waals surface area (Å²) in [6.45, 7) is 47.5. The van der Waals surface area contributed by atoms with Crippen LogP contribution in [0.3, 0.4) is 0 Å². The number of fused-ring (bicyclic) bond motifs is 4. The van der Waals surface area contributed by atoms with Crippen LogP contribution in [0.4, 0.5) is 21.5 Å². The first-order valence-electron chi connectivity index (χ1n) is 44.1. The van der Waals surface area contributed by atoms with Crippen molar-refractivity contribution >= 4 is 93.7 Å². The molecule has 8 aliphatic rings. The number of aromatic hydroxyl groups is 1. The minimum Gasteiger partial charge on any atom is -0.793 e. The van der Waals surface area contributed by atoms with Gasteiger partial charge in [0, 0.05) is 136 Å². The molecule has 0 amide bonds. The Morgan fingerprint density at radius 2 is 0.760 bits per heavy atom. The van der Waals surface area contributed by atoms with Crippen molar-refractivity contribution in [1.29, 1.82) is 0 Å². The number of hydrogen-bond acceptors (Lipinski definition) is 22. The first kappa shape index (κ1) is 124. The van der Waals surface area contributed by atoms with E-state index >= 15 is 0 Å². The summed E-state index contributed by atoms with van der Waals surface area (Å²) >= 11 is 13.9. The zero-order chi connectivity index (χ0) is 94.8. The second-order valence-corrected chi connectivity index (χ2v) is 41.6. The number of alkyl halides is 3. The van der Waals surface area contributed by atoms with E-state index in [1.54, 1.807) is 65.9 Å². The number of methoxy groups -OCH3 is 5. The number of nitrogens with one attached hydrogen (secondary N) is 2. The molecular formula is C96H167BCl2FN3Na2O18PS. The number of carbonyl (C=O) groups is 4. The van der Waals surface area contributed by atoms with Crippen LogP contribution in [0.15, 0.2) is 54.6 Å². The fourth-order valence-electron chi connectivity index (χ4n) is 23.1.